The van der Waals surface area contributed by atoms with Crippen LogP contribution < -0.4 is 5.73 Å². The highest BCUT2D eigenvalue weighted by atomic mass is 16.5. The largest absolute Gasteiger partial charge is 0.480 e. The van der Waals surface area contributed by atoms with Crippen LogP contribution in [0.4, 0.5) is 0 Å². The monoisotopic (exact) mass is 407 g/mol. The summed E-state index contributed by atoms with van der Waals surface area (Å²) in [6.45, 7) is 1.86. The molecule has 0 bridgehead atoms. The molecule has 5 nitrogen and oxygen atoms in total. The molecule has 3 rings (SSSR count). The van der Waals surface area contributed by atoms with Crippen LogP contribution in [0.15, 0.2) is 60.7 Å². The zero-order valence-corrected chi connectivity index (χ0v) is 17.3. The molecule has 0 spiro atoms. The molecule has 0 saturated heterocycles. The molecule has 1 unspecified atom stereocenters. The number of ether oxygens (including phenoxy) is 1. The third-order valence-corrected chi connectivity index (χ3v) is 5.66. The van der Waals surface area contributed by atoms with Crippen LogP contribution in [-0.4, -0.2) is 29.2 Å². The van der Waals surface area contributed by atoms with E-state index in [0.29, 0.717) is 13.0 Å². The predicted molar refractivity (Wildman–Crippen MR) is 117 cm³/mol. The van der Waals surface area contributed by atoms with Crippen LogP contribution in [0.5, 0.6) is 0 Å². The number of aliphatic carboxylic acids is 1. The third kappa shape index (κ3) is 5.16. The van der Waals surface area contributed by atoms with Gasteiger partial charge in [-0.2, -0.15) is 0 Å². The van der Waals surface area contributed by atoms with E-state index >= 15 is 0 Å². The number of rotatable bonds is 10. The SMILES string of the molecule is CC(N)(CCCCC/C=C/C(=O)OCC1c2ccccc2-c2ccccc21)C(=O)O. The number of benzene rings is 2. The van der Waals surface area contributed by atoms with Crippen LogP contribution in [0, 0.1) is 0 Å². The number of hydrogen-bond acceptors (Lipinski definition) is 4. The standard InChI is InChI=1S/C25H29NO4/c1-25(26,24(28)29)16-10-4-2-3-5-15-23(27)30-17-22-20-13-8-6-11-18(20)19-12-7-9-14-21(19)22/h5-9,11-15,22H,2-4,10,16-17,26H2,1H3,(H,28,29)/b15-5+. The predicted octanol–water partition coefficient (Wildman–Crippen LogP) is 4.65. The van der Waals surface area contributed by atoms with Gasteiger partial charge in [0.1, 0.15) is 12.1 Å². The van der Waals surface area contributed by atoms with E-state index in [2.05, 4.69) is 24.3 Å². The van der Waals surface area contributed by atoms with E-state index in [-0.39, 0.29) is 11.9 Å². The van der Waals surface area contributed by atoms with Crippen molar-refractivity contribution in [2.45, 2.75) is 50.5 Å². The van der Waals surface area contributed by atoms with Gasteiger partial charge in [-0.3, -0.25) is 4.79 Å². The molecule has 0 fully saturated rings. The van der Waals surface area contributed by atoms with Gasteiger partial charge in [0.15, 0.2) is 0 Å². The number of carboxylic acid groups (broad SMARTS) is 1. The lowest BCUT2D eigenvalue weighted by molar-refractivity contribution is -0.143. The number of nitrogens with two attached hydrogens (primary N) is 1. The van der Waals surface area contributed by atoms with Crippen LogP contribution in [0.2, 0.25) is 0 Å². The van der Waals surface area contributed by atoms with Gasteiger partial charge in [0, 0.05) is 12.0 Å². The first-order chi connectivity index (χ1) is 14.4. The number of hydrogen-bond donors (Lipinski definition) is 2. The highest BCUT2D eigenvalue weighted by Gasteiger charge is 2.29. The molecule has 0 saturated carbocycles. The summed E-state index contributed by atoms with van der Waals surface area (Å²) in [5.74, 6) is -1.25. The number of fused-ring (bicyclic) bond motifs is 3. The molecule has 1 atom stereocenters. The Morgan fingerprint density at radius 3 is 2.23 bits per heavy atom. The molecular formula is C25H29NO4. The van der Waals surface area contributed by atoms with Gasteiger partial charge in [0.05, 0.1) is 0 Å². The summed E-state index contributed by atoms with van der Waals surface area (Å²) in [4.78, 5) is 23.1. The van der Waals surface area contributed by atoms with Crippen molar-refractivity contribution in [3.05, 3.63) is 71.8 Å². The second-order valence-electron chi connectivity index (χ2n) is 8.08. The minimum absolute atomic E-state index is 0.0644. The summed E-state index contributed by atoms with van der Waals surface area (Å²) in [5.41, 5.74) is 9.36. The summed E-state index contributed by atoms with van der Waals surface area (Å²) in [5, 5.41) is 8.99. The molecule has 1 aliphatic rings. The molecule has 2 aromatic rings. The molecule has 0 aromatic heterocycles. The Bertz CT molecular complexity index is 887. The van der Waals surface area contributed by atoms with Gasteiger partial charge in [-0.15, -0.1) is 0 Å². The maximum atomic E-state index is 12.1. The zero-order chi connectivity index (χ0) is 21.6. The van der Waals surface area contributed by atoms with Crippen molar-refractivity contribution in [3.63, 3.8) is 0 Å². The van der Waals surface area contributed by atoms with Gasteiger partial charge in [-0.05, 0) is 48.4 Å². The van der Waals surface area contributed by atoms with Crippen LogP contribution in [0.3, 0.4) is 0 Å². The minimum Gasteiger partial charge on any atom is -0.480 e. The molecule has 0 radical (unpaired) electrons. The molecule has 0 aliphatic heterocycles. The van der Waals surface area contributed by atoms with E-state index in [0.717, 1.165) is 25.7 Å². The molecule has 0 heterocycles. The normalized spacial score (nSPS) is 14.9. The van der Waals surface area contributed by atoms with Crippen molar-refractivity contribution < 1.29 is 19.4 Å². The maximum Gasteiger partial charge on any atom is 0.330 e. The number of carboxylic acids is 1. The van der Waals surface area contributed by atoms with E-state index in [4.69, 9.17) is 15.6 Å². The topological polar surface area (TPSA) is 89.6 Å². The van der Waals surface area contributed by atoms with Gasteiger partial charge in [0.25, 0.3) is 0 Å². The van der Waals surface area contributed by atoms with E-state index in [1.807, 2.05) is 30.3 Å². The fraction of sp³-hybridized carbons (Fsp3) is 0.360. The van der Waals surface area contributed by atoms with Crippen LogP contribution in [0.25, 0.3) is 11.1 Å². The fourth-order valence-corrected chi connectivity index (χ4v) is 3.87. The van der Waals surface area contributed by atoms with Crippen molar-refractivity contribution in [3.8, 4) is 11.1 Å². The van der Waals surface area contributed by atoms with Gasteiger partial charge >= 0.3 is 11.9 Å². The Labute approximate surface area is 177 Å². The Hall–Kier alpha value is -2.92. The summed E-state index contributed by atoms with van der Waals surface area (Å²) >= 11 is 0. The summed E-state index contributed by atoms with van der Waals surface area (Å²) < 4.78 is 5.53. The van der Waals surface area contributed by atoms with Gasteiger partial charge < -0.3 is 15.6 Å². The van der Waals surface area contributed by atoms with Crippen LogP contribution >= 0.6 is 0 Å². The minimum atomic E-state index is -1.17. The van der Waals surface area contributed by atoms with Crippen molar-refractivity contribution in [2.24, 2.45) is 5.73 Å². The van der Waals surface area contributed by atoms with Gasteiger partial charge in [-0.1, -0.05) is 67.4 Å². The maximum absolute atomic E-state index is 12.1. The second-order valence-corrected chi connectivity index (χ2v) is 8.08. The highest BCUT2D eigenvalue weighted by molar-refractivity contribution is 5.82. The first-order valence-corrected chi connectivity index (χ1v) is 10.4. The number of allylic oxidation sites excluding steroid dienone is 1. The molecular weight excluding hydrogens is 378 g/mol. The van der Waals surface area contributed by atoms with Crippen molar-refractivity contribution in [1.82, 2.24) is 0 Å². The smallest absolute Gasteiger partial charge is 0.330 e. The highest BCUT2D eigenvalue weighted by Crippen LogP contribution is 2.44. The molecule has 3 N–H and O–H groups in total. The van der Waals surface area contributed by atoms with Gasteiger partial charge in [0.2, 0.25) is 0 Å². The Morgan fingerprint density at radius 2 is 1.63 bits per heavy atom. The van der Waals surface area contributed by atoms with E-state index < -0.39 is 11.5 Å². The quantitative estimate of drug-likeness (QED) is 0.340. The van der Waals surface area contributed by atoms with Crippen LogP contribution in [-0.2, 0) is 14.3 Å². The molecule has 30 heavy (non-hydrogen) atoms. The lowest BCUT2D eigenvalue weighted by Gasteiger charge is -2.18. The number of carbonyl (C=O) groups excluding carboxylic acids is 1. The first kappa shape index (κ1) is 21.8. The second kappa shape index (κ2) is 9.72. The molecule has 2 aromatic carbocycles. The molecule has 1 aliphatic carbocycles. The van der Waals surface area contributed by atoms with Crippen molar-refractivity contribution in [2.75, 3.05) is 6.61 Å². The van der Waals surface area contributed by atoms with Crippen LogP contribution in [0.1, 0.15) is 56.1 Å². The van der Waals surface area contributed by atoms with E-state index in [1.54, 1.807) is 0 Å². The Balaban J connectivity index is 1.43. The van der Waals surface area contributed by atoms with Gasteiger partial charge in [-0.25, -0.2) is 4.79 Å². The van der Waals surface area contributed by atoms with Crippen molar-refractivity contribution >= 4 is 11.9 Å². The Kier molecular flexibility index (Phi) is 7.06. The van der Waals surface area contributed by atoms with Crippen molar-refractivity contribution in [1.29, 1.82) is 0 Å². The summed E-state index contributed by atoms with van der Waals surface area (Å²) in [7, 11) is 0. The molecule has 0 amide bonds. The molecule has 5 heteroatoms. The number of unbranched alkanes of at least 4 members (excludes halogenated alkanes) is 3. The zero-order valence-electron chi connectivity index (χ0n) is 17.3. The number of esters is 1. The van der Waals surface area contributed by atoms with E-state index in [1.165, 1.54) is 35.3 Å². The van der Waals surface area contributed by atoms with E-state index in [9.17, 15) is 9.59 Å². The first-order valence-electron chi connectivity index (χ1n) is 10.4. The summed E-state index contributed by atoms with van der Waals surface area (Å²) in [6, 6.07) is 16.5. The third-order valence-electron chi connectivity index (χ3n) is 5.66. The lowest BCUT2D eigenvalue weighted by Crippen LogP contribution is -2.44. The average molecular weight is 408 g/mol. The molecule has 158 valence electrons. The lowest BCUT2D eigenvalue weighted by atomic mass is 9.95. The average Bonchev–Trinajstić information content (AvgIpc) is 3.05. The number of carbonyl (C=O) groups is 2. The Morgan fingerprint density at radius 1 is 1.03 bits per heavy atom. The summed E-state index contributed by atoms with van der Waals surface area (Å²) in [6.07, 6.45) is 6.99. The fourth-order valence-electron chi connectivity index (χ4n) is 3.87.